The van der Waals surface area contributed by atoms with Crippen LogP contribution in [0.2, 0.25) is 0 Å². The Morgan fingerprint density at radius 3 is 2.50 bits per heavy atom. The van der Waals surface area contributed by atoms with Crippen molar-refractivity contribution in [1.29, 1.82) is 0 Å². The van der Waals surface area contributed by atoms with Gasteiger partial charge in [0.05, 0.1) is 0 Å². The van der Waals surface area contributed by atoms with Gasteiger partial charge in [0.15, 0.2) is 17.2 Å². The largest absolute Gasteiger partial charge is 0.451 e. The van der Waals surface area contributed by atoms with E-state index in [1.807, 2.05) is 6.08 Å². The molecular formula is C22H30O4. The van der Waals surface area contributed by atoms with Gasteiger partial charge in [0.25, 0.3) is 0 Å². The second kappa shape index (κ2) is 6.03. The van der Waals surface area contributed by atoms with Crippen LogP contribution in [0.4, 0.5) is 0 Å². The van der Waals surface area contributed by atoms with Gasteiger partial charge >= 0.3 is 5.97 Å². The SMILES string of the molecule is CC(=O)OC1(C(C)=O)CC[C@H]2[C@@H]3CCC4=CC(=O)CC[C@@H]4[C@H]3CC[C@@]21C. The Morgan fingerprint density at radius 1 is 1.04 bits per heavy atom. The number of hydrogen-bond acceptors (Lipinski definition) is 4. The summed E-state index contributed by atoms with van der Waals surface area (Å²) in [7, 11) is 0. The quantitative estimate of drug-likeness (QED) is 0.700. The summed E-state index contributed by atoms with van der Waals surface area (Å²) >= 11 is 0. The molecule has 0 spiro atoms. The average molecular weight is 358 g/mol. The molecule has 0 aliphatic heterocycles. The molecule has 3 fully saturated rings. The molecule has 4 rings (SSSR count). The van der Waals surface area contributed by atoms with Crippen molar-refractivity contribution in [2.24, 2.45) is 29.1 Å². The van der Waals surface area contributed by atoms with E-state index in [1.165, 1.54) is 12.5 Å². The second-order valence-corrected chi connectivity index (χ2v) is 9.28. The molecule has 4 aliphatic carbocycles. The van der Waals surface area contributed by atoms with Crippen molar-refractivity contribution in [2.45, 2.75) is 77.7 Å². The van der Waals surface area contributed by atoms with Crippen molar-refractivity contribution in [3.8, 4) is 0 Å². The van der Waals surface area contributed by atoms with E-state index < -0.39 is 5.60 Å². The summed E-state index contributed by atoms with van der Waals surface area (Å²) in [5, 5.41) is 0. The third-order valence-electron chi connectivity index (χ3n) is 8.31. The van der Waals surface area contributed by atoms with Gasteiger partial charge in [-0.05, 0) is 81.6 Å². The lowest BCUT2D eigenvalue weighted by Crippen LogP contribution is -2.57. The van der Waals surface area contributed by atoms with Crippen LogP contribution in [0.1, 0.15) is 72.1 Å². The van der Waals surface area contributed by atoms with Crippen LogP contribution in [0, 0.1) is 29.1 Å². The molecule has 0 aromatic rings. The number of carbonyl (C=O) groups is 3. The maximum atomic E-state index is 12.7. The lowest BCUT2D eigenvalue weighted by Gasteiger charge is -2.55. The molecule has 4 aliphatic rings. The Kier molecular flexibility index (Phi) is 4.16. The highest BCUT2D eigenvalue weighted by atomic mass is 16.6. The van der Waals surface area contributed by atoms with Gasteiger partial charge in [-0.2, -0.15) is 0 Å². The van der Waals surface area contributed by atoms with E-state index in [-0.39, 0.29) is 17.2 Å². The number of esters is 1. The van der Waals surface area contributed by atoms with Crippen LogP contribution in [-0.4, -0.2) is 23.1 Å². The van der Waals surface area contributed by atoms with Gasteiger partial charge in [0.2, 0.25) is 0 Å². The van der Waals surface area contributed by atoms with Crippen LogP contribution in [0.5, 0.6) is 0 Å². The second-order valence-electron chi connectivity index (χ2n) is 9.28. The van der Waals surface area contributed by atoms with E-state index >= 15 is 0 Å². The van der Waals surface area contributed by atoms with Crippen LogP contribution in [0.3, 0.4) is 0 Å². The van der Waals surface area contributed by atoms with Crippen molar-refractivity contribution in [1.82, 2.24) is 0 Å². The zero-order valence-electron chi connectivity index (χ0n) is 16.2. The number of ether oxygens (including phenoxy) is 1. The number of hydrogen-bond donors (Lipinski definition) is 0. The standard InChI is InChI=1S/C22H30O4/c1-13(23)22(26-14(2)24)11-9-20-19-6-4-15-12-16(25)5-7-17(15)18(19)8-10-21(20,22)3/h12,17-20H,4-11H2,1-3H3/t17-,18+,19+,20-,21-,22?/m0/s1. The monoisotopic (exact) mass is 358 g/mol. The topological polar surface area (TPSA) is 60.4 Å². The highest BCUT2D eigenvalue weighted by molar-refractivity contribution is 5.91. The van der Waals surface area contributed by atoms with E-state index in [1.54, 1.807) is 6.92 Å². The first-order chi connectivity index (χ1) is 12.3. The van der Waals surface area contributed by atoms with Crippen molar-refractivity contribution >= 4 is 17.5 Å². The molecular weight excluding hydrogens is 328 g/mol. The van der Waals surface area contributed by atoms with E-state index in [0.29, 0.717) is 42.3 Å². The molecule has 3 saturated carbocycles. The summed E-state index contributed by atoms with van der Waals surface area (Å²) in [5.41, 5.74) is 0.187. The fourth-order valence-electron chi connectivity index (χ4n) is 7.24. The summed E-state index contributed by atoms with van der Waals surface area (Å²) < 4.78 is 5.79. The molecule has 0 N–H and O–H groups in total. The van der Waals surface area contributed by atoms with E-state index in [4.69, 9.17) is 4.74 Å². The summed E-state index contributed by atoms with van der Waals surface area (Å²) in [6, 6.07) is 0. The van der Waals surface area contributed by atoms with Crippen LogP contribution in [0.25, 0.3) is 0 Å². The number of Topliss-reactive ketones (excluding diaryl/α,β-unsaturated/α-hetero) is 1. The number of carbonyl (C=O) groups excluding carboxylic acids is 3. The zero-order valence-corrected chi connectivity index (χ0v) is 16.2. The fourth-order valence-corrected chi connectivity index (χ4v) is 7.24. The summed E-state index contributed by atoms with van der Waals surface area (Å²) in [6.07, 6.45) is 9.37. The van der Waals surface area contributed by atoms with Gasteiger partial charge in [0.1, 0.15) is 0 Å². The van der Waals surface area contributed by atoms with Gasteiger partial charge in [-0.3, -0.25) is 14.4 Å². The maximum absolute atomic E-state index is 12.7. The van der Waals surface area contributed by atoms with E-state index in [0.717, 1.165) is 38.5 Å². The molecule has 0 amide bonds. The zero-order chi connectivity index (χ0) is 18.7. The molecule has 26 heavy (non-hydrogen) atoms. The minimum atomic E-state index is -0.937. The first-order valence-electron chi connectivity index (χ1n) is 10.2. The number of rotatable bonds is 2. The van der Waals surface area contributed by atoms with Crippen molar-refractivity contribution in [3.63, 3.8) is 0 Å². The molecule has 0 aromatic carbocycles. The Morgan fingerprint density at radius 2 is 1.81 bits per heavy atom. The first kappa shape index (κ1) is 17.9. The maximum Gasteiger partial charge on any atom is 0.303 e. The van der Waals surface area contributed by atoms with Gasteiger partial charge in [-0.25, -0.2) is 0 Å². The van der Waals surface area contributed by atoms with Crippen molar-refractivity contribution in [2.75, 3.05) is 0 Å². The molecule has 0 bridgehead atoms. The highest BCUT2D eigenvalue weighted by Crippen LogP contribution is 2.66. The molecule has 6 atom stereocenters. The summed E-state index contributed by atoms with van der Waals surface area (Å²) in [4.78, 5) is 36.3. The van der Waals surface area contributed by atoms with Gasteiger partial charge in [-0.1, -0.05) is 12.5 Å². The third-order valence-corrected chi connectivity index (χ3v) is 8.31. The fraction of sp³-hybridized carbons (Fsp3) is 0.773. The molecule has 4 heteroatoms. The summed E-state index contributed by atoms with van der Waals surface area (Å²) in [5.74, 6) is 2.16. The Bertz CT molecular complexity index is 692. The minimum Gasteiger partial charge on any atom is -0.451 e. The van der Waals surface area contributed by atoms with Gasteiger partial charge in [-0.15, -0.1) is 0 Å². The molecule has 0 saturated heterocycles. The molecule has 142 valence electrons. The number of allylic oxidation sites excluding steroid dienone is 1. The first-order valence-corrected chi connectivity index (χ1v) is 10.2. The van der Waals surface area contributed by atoms with E-state index in [2.05, 4.69) is 6.92 Å². The predicted octanol–water partition coefficient (Wildman–Crippen LogP) is 4.02. The molecule has 4 nitrogen and oxygen atoms in total. The summed E-state index contributed by atoms with van der Waals surface area (Å²) in [6.45, 7) is 5.21. The third kappa shape index (κ3) is 2.36. The Hall–Kier alpha value is -1.45. The predicted molar refractivity (Wildman–Crippen MR) is 97.3 cm³/mol. The number of ketones is 2. The highest BCUT2D eigenvalue weighted by Gasteiger charge is 2.66. The Labute approximate surface area is 155 Å². The van der Waals surface area contributed by atoms with Crippen LogP contribution in [-0.2, 0) is 19.1 Å². The Balaban J connectivity index is 1.66. The van der Waals surface area contributed by atoms with Crippen LogP contribution in [0.15, 0.2) is 11.6 Å². The van der Waals surface area contributed by atoms with Gasteiger partial charge < -0.3 is 4.74 Å². The lowest BCUT2D eigenvalue weighted by atomic mass is 9.50. The van der Waals surface area contributed by atoms with Gasteiger partial charge in [0, 0.05) is 18.8 Å². The van der Waals surface area contributed by atoms with E-state index in [9.17, 15) is 14.4 Å². The smallest absolute Gasteiger partial charge is 0.303 e. The molecule has 1 unspecified atom stereocenters. The van der Waals surface area contributed by atoms with Crippen molar-refractivity contribution in [3.05, 3.63) is 11.6 Å². The molecule has 0 heterocycles. The molecule has 0 aromatic heterocycles. The van der Waals surface area contributed by atoms with Crippen LogP contribution >= 0.6 is 0 Å². The average Bonchev–Trinajstić information content (AvgIpc) is 2.87. The minimum absolute atomic E-state index is 0.0100. The number of fused-ring (bicyclic) bond motifs is 5. The molecule has 0 radical (unpaired) electrons. The lowest BCUT2D eigenvalue weighted by molar-refractivity contribution is -0.185. The van der Waals surface area contributed by atoms with Crippen LogP contribution < -0.4 is 0 Å². The van der Waals surface area contributed by atoms with Crippen molar-refractivity contribution < 1.29 is 19.1 Å². The normalized spacial score (nSPS) is 44.4.